The van der Waals surface area contributed by atoms with Crippen molar-refractivity contribution in [2.75, 3.05) is 29.9 Å². The maximum atomic E-state index is 12.3. The number of anilines is 2. The highest BCUT2D eigenvalue weighted by Crippen LogP contribution is 2.10. The summed E-state index contributed by atoms with van der Waals surface area (Å²) < 4.78 is 0. The van der Waals surface area contributed by atoms with Gasteiger partial charge in [-0.3, -0.25) is 14.8 Å². The van der Waals surface area contributed by atoms with Crippen LogP contribution in [0.15, 0.2) is 53.7 Å². The average molecular weight is 393 g/mol. The van der Waals surface area contributed by atoms with Gasteiger partial charge in [0, 0.05) is 55.9 Å². The zero-order chi connectivity index (χ0) is 20.5. The third-order valence-corrected chi connectivity index (χ3v) is 4.60. The number of nitrogens with zero attached hydrogens (tertiary/aromatic N) is 4. The average Bonchev–Trinajstić information content (AvgIpc) is 2.74. The molecule has 152 valence electrons. The summed E-state index contributed by atoms with van der Waals surface area (Å²) in [5.74, 6) is 1.50. The summed E-state index contributed by atoms with van der Waals surface area (Å²) in [5.41, 5.74) is 2.46. The van der Waals surface area contributed by atoms with Crippen LogP contribution in [0.1, 0.15) is 36.6 Å². The number of aromatic nitrogens is 4. The van der Waals surface area contributed by atoms with Crippen molar-refractivity contribution in [3.63, 3.8) is 0 Å². The number of pyridine rings is 2. The van der Waals surface area contributed by atoms with Gasteiger partial charge in [-0.1, -0.05) is 19.1 Å². The smallest absolute Gasteiger partial charge is 0.255 e. The molecule has 0 radical (unpaired) electrons. The normalized spacial score (nSPS) is 10.7. The molecule has 3 heterocycles. The summed E-state index contributed by atoms with van der Waals surface area (Å²) >= 11 is 0. The highest BCUT2D eigenvalue weighted by atomic mass is 16.1. The predicted octanol–water partition coefficient (Wildman–Crippen LogP) is 3.18. The first kappa shape index (κ1) is 20.5. The largest absolute Gasteiger partial charge is 0.357 e. The molecule has 3 aromatic rings. The minimum Gasteiger partial charge on any atom is -0.357 e. The Kier molecular flexibility index (Phi) is 7.33. The summed E-state index contributed by atoms with van der Waals surface area (Å²) in [6, 6.07) is 9.89. The first-order chi connectivity index (χ1) is 14.2. The van der Waals surface area contributed by atoms with Crippen LogP contribution in [0.2, 0.25) is 0 Å². The molecule has 7 heteroatoms. The van der Waals surface area contributed by atoms with Gasteiger partial charge in [-0.2, -0.15) is 0 Å². The fourth-order valence-corrected chi connectivity index (χ4v) is 3.09. The SMILES string of the molecule is CCCN(CCCNc1ncc(Cc2ccc(C)nc2)c(=O)[nH]1)c1ccccn1. The summed E-state index contributed by atoms with van der Waals surface area (Å²) in [4.78, 5) is 30.5. The van der Waals surface area contributed by atoms with E-state index in [0.717, 1.165) is 49.6 Å². The number of nitrogens with one attached hydrogen (secondary N) is 2. The molecule has 0 atom stereocenters. The van der Waals surface area contributed by atoms with Crippen molar-refractivity contribution in [3.8, 4) is 0 Å². The van der Waals surface area contributed by atoms with Crippen molar-refractivity contribution in [2.24, 2.45) is 0 Å². The summed E-state index contributed by atoms with van der Waals surface area (Å²) in [6.07, 6.45) is 7.75. The molecule has 0 amide bonds. The molecular weight excluding hydrogens is 364 g/mol. The maximum absolute atomic E-state index is 12.3. The van der Waals surface area contributed by atoms with Gasteiger partial charge in [-0.05, 0) is 43.5 Å². The summed E-state index contributed by atoms with van der Waals surface area (Å²) in [5, 5.41) is 3.21. The Balaban J connectivity index is 1.51. The lowest BCUT2D eigenvalue weighted by molar-refractivity contribution is 0.719. The lowest BCUT2D eigenvalue weighted by Gasteiger charge is -2.23. The van der Waals surface area contributed by atoms with Gasteiger partial charge in [0.25, 0.3) is 5.56 Å². The predicted molar refractivity (Wildman–Crippen MR) is 116 cm³/mol. The van der Waals surface area contributed by atoms with E-state index in [4.69, 9.17) is 0 Å². The van der Waals surface area contributed by atoms with Crippen molar-refractivity contribution in [3.05, 3.63) is 76.1 Å². The second-order valence-corrected chi connectivity index (χ2v) is 7.03. The van der Waals surface area contributed by atoms with E-state index in [1.165, 1.54) is 0 Å². The van der Waals surface area contributed by atoms with Gasteiger partial charge in [0.2, 0.25) is 5.95 Å². The quantitative estimate of drug-likeness (QED) is 0.515. The van der Waals surface area contributed by atoms with E-state index in [9.17, 15) is 4.79 Å². The maximum Gasteiger partial charge on any atom is 0.255 e. The zero-order valence-corrected chi connectivity index (χ0v) is 17.1. The highest BCUT2D eigenvalue weighted by Gasteiger charge is 2.07. The van der Waals surface area contributed by atoms with Gasteiger partial charge >= 0.3 is 0 Å². The second-order valence-electron chi connectivity index (χ2n) is 7.03. The lowest BCUT2D eigenvalue weighted by atomic mass is 10.1. The molecule has 29 heavy (non-hydrogen) atoms. The van der Waals surface area contributed by atoms with Crippen LogP contribution in [0.3, 0.4) is 0 Å². The third kappa shape index (κ3) is 6.14. The summed E-state index contributed by atoms with van der Waals surface area (Å²) in [7, 11) is 0. The summed E-state index contributed by atoms with van der Waals surface area (Å²) in [6.45, 7) is 6.68. The van der Waals surface area contributed by atoms with Gasteiger partial charge in [-0.25, -0.2) is 9.97 Å². The molecule has 0 fully saturated rings. The van der Waals surface area contributed by atoms with E-state index in [1.54, 1.807) is 12.4 Å². The number of hydrogen-bond acceptors (Lipinski definition) is 6. The molecule has 0 saturated heterocycles. The van der Waals surface area contributed by atoms with Crippen LogP contribution in [0, 0.1) is 6.92 Å². The topological polar surface area (TPSA) is 86.8 Å². The molecule has 3 aromatic heterocycles. The van der Waals surface area contributed by atoms with Crippen LogP contribution in [0.5, 0.6) is 0 Å². The van der Waals surface area contributed by atoms with Gasteiger partial charge in [-0.15, -0.1) is 0 Å². The van der Waals surface area contributed by atoms with Crippen molar-refractivity contribution >= 4 is 11.8 Å². The van der Waals surface area contributed by atoms with E-state index in [1.807, 2.05) is 43.5 Å². The van der Waals surface area contributed by atoms with Crippen LogP contribution in [0.25, 0.3) is 0 Å². The van der Waals surface area contributed by atoms with E-state index >= 15 is 0 Å². The monoisotopic (exact) mass is 392 g/mol. The Morgan fingerprint density at radius 1 is 1.07 bits per heavy atom. The Hall–Kier alpha value is -3.22. The third-order valence-electron chi connectivity index (χ3n) is 4.60. The molecule has 0 spiro atoms. The van der Waals surface area contributed by atoms with Crippen molar-refractivity contribution in [1.29, 1.82) is 0 Å². The molecule has 2 N–H and O–H groups in total. The van der Waals surface area contributed by atoms with E-state index in [-0.39, 0.29) is 5.56 Å². The second kappa shape index (κ2) is 10.4. The van der Waals surface area contributed by atoms with Gasteiger partial charge in [0.15, 0.2) is 0 Å². The van der Waals surface area contributed by atoms with E-state index < -0.39 is 0 Å². The zero-order valence-electron chi connectivity index (χ0n) is 17.1. The van der Waals surface area contributed by atoms with Crippen molar-refractivity contribution in [1.82, 2.24) is 19.9 Å². The molecule has 0 unspecified atom stereocenters. The van der Waals surface area contributed by atoms with Crippen molar-refractivity contribution < 1.29 is 0 Å². The fraction of sp³-hybridized carbons (Fsp3) is 0.364. The number of aryl methyl sites for hydroxylation is 1. The molecular formula is C22H28N6O. The standard InChI is InChI=1S/C22H28N6O/c1-3-12-28(20-7-4-5-10-23-20)13-6-11-24-22-26-16-19(21(29)27-22)14-18-9-8-17(2)25-15-18/h4-5,7-10,15-16H,3,6,11-14H2,1-2H3,(H2,24,26,27,29). The van der Waals surface area contributed by atoms with Crippen LogP contribution < -0.4 is 15.8 Å². The number of H-pyrrole nitrogens is 1. The molecule has 0 aliphatic carbocycles. The first-order valence-electron chi connectivity index (χ1n) is 10.1. The lowest BCUT2D eigenvalue weighted by Crippen LogP contribution is -2.27. The van der Waals surface area contributed by atoms with E-state index in [2.05, 4.69) is 37.1 Å². The molecule has 0 aliphatic heterocycles. The fourth-order valence-electron chi connectivity index (χ4n) is 3.09. The minimum atomic E-state index is -0.121. The molecule has 3 rings (SSSR count). The van der Waals surface area contributed by atoms with Gasteiger partial charge < -0.3 is 10.2 Å². The molecule has 0 bridgehead atoms. The Morgan fingerprint density at radius 3 is 2.66 bits per heavy atom. The molecule has 0 saturated carbocycles. The van der Waals surface area contributed by atoms with Crippen molar-refractivity contribution in [2.45, 2.75) is 33.1 Å². The van der Waals surface area contributed by atoms with Crippen LogP contribution in [-0.2, 0) is 6.42 Å². The van der Waals surface area contributed by atoms with Crippen LogP contribution >= 0.6 is 0 Å². The molecule has 0 aliphatic rings. The number of rotatable bonds is 10. The Labute approximate surface area is 171 Å². The van der Waals surface area contributed by atoms with E-state index in [0.29, 0.717) is 17.9 Å². The number of hydrogen-bond donors (Lipinski definition) is 2. The van der Waals surface area contributed by atoms with Gasteiger partial charge in [0.1, 0.15) is 5.82 Å². The Morgan fingerprint density at radius 2 is 1.97 bits per heavy atom. The first-order valence-corrected chi connectivity index (χ1v) is 10.1. The highest BCUT2D eigenvalue weighted by molar-refractivity contribution is 5.37. The molecule has 0 aromatic carbocycles. The van der Waals surface area contributed by atoms with Crippen LogP contribution in [0.4, 0.5) is 11.8 Å². The Bertz CT molecular complexity index is 940. The number of aromatic amines is 1. The van der Waals surface area contributed by atoms with Gasteiger partial charge in [0.05, 0.1) is 0 Å². The molecule has 7 nitrogen and oxygen atoms in total. The van der Waals surface area contributed by atoms with Crippen LogP contribution in [-0.4, -0.2) is 39.6 Å². The minimum absolute atomic E-state index is 0.121.